The molecule has 1 aliphatic rings. The van der Waals surface area contributed by atoms with E-state index >= 15 is 0 Å². The zero-order valence-electron chi connectivity index (χ0n) is 11.2. The Balaban J connectivity index is 2.33. The van der Waals surface area contributed by atoms with Gasteiger partial charge in [0, 0.05) is 0 Å². The zero-order valence-corrected chi connectivity index (χ0v) is 11.2. The highest BCUT2D eigenvalue weighted by Crippen LogP contribution is 2.26. The average Bonchev–Trinajstić information content (AvgIpc) is 2.49. The second-order valence-electron chi connectivity index (χ2n) is 4.98. The first-order valence-electron chi connectivity index (χ1n) is 6.63. The van der Waals surface area contributed by atoms with Crippen molar-refractivity contribution in [3.05, 3.63) is 34.4 Å². The molecule has 1 unspecified atom stereocenters. The lowest BCUT2D eigenvalue weighted by atomic mass is 9.93. The van der Waals surface area contributed by atoms with Crippen LogP contribution in [0.15, 0.2) is 12.1 Å². The molecular weight excluding hydrogens is 210 g/mol. The molecule has 0 saturated heterocycles. The maximum Gasteiger partial charge on any atom is 0.0661 e. The first-order chi connectivity index (χ1) is 8.22. The van der Waals surface area contributed by atoms with E-state index in [0.717, 1.165) is 32.6 Å². The molecule has 1 aromatic carbocycles. The Morgan fingerprint density at radius 2 is 2.18 bits per heavy atom. The second kappa shape index (κ2) is 5.65. The first-order valence-corrected chi connectivity index (χ1v) is 6.63. The molecule has 0 amide bonds. The second-order valence-corrected chi connectivity index (χ2v) is 4.98. The molecule has 1 N–H and O–H groups in total. The van der Waals surface area contributed by atoms with E-state index in [1.807, 2.05) is 0 Å². The summed E-state index contributed by atoms with van der Waals surface area (Å²) in [4.78, 5) is 0. The fraction of sp³-hybridized carbons (Fsp3) is 0.600. The molecule has 2 heteroatoms. The Morgan fingerprint density at radius 1 is 1.35 bits per heavy atom. The summed E-state index contributed by atoms with van der Waals surface area (Å²) >= 11 is 0. The molecule has 0 radical (unpaired) electrons. The van der Waals surface area contributed by atoms with Crippen molar-refractivity contribution >= 4 is 0 Å². The van der Waals surface area contributed by atoms with E-state index < -0.39 is 0 Å². The maximum atomic E-state index is 5.72. The molecule has 0 bridgehead atoms. The summed E-state index contributed by atoms with van der Waals surface area (Å²) in [5.41, 5.74) is 5.70. The normalized spacial score (nSPS) is 19.8. The van der Waals surface area contributed by atoms with Gasteiger partial charge in [0.15, 0.2) is 0 Å². The van der Waals surface area contributed by atoms with E-state index in [2.05, 4.69) is 38.2 Å². The van der Waals surface area contributed by atoms with Crippen LogP contribution in [-0.2, 0) is 11.2 Å². The number of nitrogens with one attached hydrogen (secondary N) is 1. The van der Waals surface area contributed by atoms with Gasteiger partial charge in [0.2, 0.25) is 0 Å². The van der Waals surface area contributed by atoms with Gasteiger partial charge >= 0.3 is 0 Å². The van der Waals surface area contributed by atoms with E-state index in [9.17, 15) is 0 Å². The van der Waals surface area contributed by atoms with Crippen LogP contribution in [0.3, 0.4) is 0 Å². The molecule has 2 rings (SSSR count). The van der Waals surface area contributed by atoms with Crippen LogP contribution in [-0.4, -0.2) is 19.8 Å². The van der Waals surface area contributed by atoms with Gasteiger partial charge in [-0.3, -0.25) is 0 Å². The van der Waals surface area contributed by atoms with Gasteiger partial charge in [-0.1, -0.05) is 24.6 Å². The molecule has 94 valence electrons. The number of aryl methyl sites for hydroxylation is 2. The lowest BCUT2D eigenvalue weighted by molar-refractivity contribution is 0.121. The smallest absolute Gasteiger partial charge is 0.0661 e. The number of fused-ring (bicyclic) bond motifs is 1. The molecular formula is C15H23NO. The highest BCUT2D eigenvalue weighted by molar-refractivity contribution is 5.40. The van der Waals surface area contributed by atoms with Gasteiger partial charge in [-0.05, 0) is 49.9 Å². The first kappa shape index (κ1) is 12.6. The quantitative estimate of drug-likeness (QED) is 0.866. The zero-order chi connectivity index (χ0) is 12.3. The minimum atomic E-state index is 0.367. The van der Waals surface area contributed by atoms with Crippen molar-refractivity contribution in [1.29, 1.82) is 0 Å². The maximum absolute atomic E-state index is 5.72. The Kier molecular flexibility index (Phi) is 4.19. The summed E-state index contributed by atoms with van der Waals surface area (Å²) in [6, 6.07) is 4.97. The van der Waals surface area contributed by atoms with Crippen LogP contribution >= 0.6 is 0 Å². The number of ether oxygens (including phenoxy) is 1. The number of rotatable bonds is 3. The third kappa shape index (κ3) is 2.88. The Hall–Kier alpha value is -0.860. The van der Waals surface area contributed by atoms with Gasteiger partial charge in [0.05, 0.1) is 19.3 Å². The van der Waals surface area contributed by atoms with Crippen LogP contribution in [0.4, 0.5) is 0 Å². The van der Waals surface area contributed by atoms with E-state index in [4.69, 9.17) is 4.74 Å². The third-order valence-electron chi connectivity index (χ3n) is 3.45. The summed E-state index contributed by atoms with van der Waals surface area (Å²) in [5.74, 6) is 0. The van der Waals surface area contributed by atoms with Crippen LogP contribution in [0.5, 0.6) is 0 Å². The minimum Gasteiger partial charge on any atom is -0.379 e. The molecule has 0 saturated carbocycles. The average molecular weight is 233 g/mol. The summed E-state index contributed by atoms with van der Waals surface area (Å²) in [5, 5.41) is 3.60. The van der Waals surface area contributed by atoms with Crippen molar-refractivity contribution in [3.8, 4) is 0 Å². The van der Waals surface area contributed by atoms with E-state index in [0.29, 0.717) is 6.04 Å². The molecule has 2 nitrogen and oxygen atoms in total. The highest BCUT2D eigenvalue weighted by Gasteiger charge is 2.19. The Morgan fingerprint density at radius 3 is 2.94 bits per heavy atom. The fourth-order valence-electron chi connectivity index (χ4n) is 2.64. The largest absolute Gasteiger partial charge is 0.379 e. The predicted octanol–water partition coefficient (Wildman–Crippen LogP) is 2.92. The van der Waals surface area contributed by atoms with Gasteiger partial charge in [-0.2, -0.15) is 0 Å². The lowest BCUT2D eigenvalue weighted by Gasteiger charge is -2.20. The SMILES string of the molecule is CCCNC1COCCc2c(C)cc(C)cc21. The van der Waals surface area contributed by atoms with Gasteiger partial charge in [-0.25, -0.2) is 0 Å². The molecule has 0 aromatic heterocycles. The Labute approximate surface area is 104 Å². The molecule has 0 aliphatic carbocycles. The van der Waals surface area contributed by atoms with Crippen LogP contribution in [0.2, 0.25) is 0 Å². The molecule has 1 aliphatic heterocycles. The van der Waals surface area contributed by atoms with Crippen molar-refractivity contribution in [2.75, 3.05) is 19.8 Å². The van der Waals surface area contributed by atoms with Gasteiger partial charge in [0.1, 0.15) is 0 Å². The topological polar surface area (TPSA) is 21.3 Å². The van der Waals surface area contributed by atoms with Gasteiger partial charge in [0.25, 0.3) is 0 Å². The van der Waals surface area contributed by atoms with Crippen molar-refractivity contribution < 1.29 is 4.74 Å². The van der Waals surface area contributed by atoms with Crippen LogP contribution in [0.25, 0.3) is 0 Å². The summed E-state index contributed by atoms with van der Waals surface area (Å²) < 4.78 is 5.72. The van der Waals surface area contributed by atoms with Crippen LogP contribution in [0, 0.1) is 13.8 Å². The molecule has 0 spiro atoms. The number of hydrogen-bond acceptors (Lipinski definition) is 2. The fourth-order valence-corrected chi connectivity index (χ4v) is 2.64. The monoisotopic (exact) mass is 233 g/mol. The summed E-state index contributed by atoms with van der Waals surface area (Å²) in [6.45, 7) is 9.30. The van der Waals surface area contributed by atoms with Crippen molar-refractivity contribution in [2.24, 2.45) is 0 Å². The molecule has 1 atom stereocenters. The van der Waals surface area contributed by atoms with Crippen LogP contribution < -0.4 is 5.32 Å². The summed E-state index contributed by atoms with van der Waals surface area (Å²) in [6.07, 6.45) is 2.21. The van der Waals surface area contributed by atoms with Crippen molar-refractivity contribution in [1.82, 2.24) is 5.32 Å². The highest BCUT2D eigenvalue weighted by atomic mass is 16.5. The summed E-state index contributed by atoms with van der Waals surface area (Å²) in [7, 11) is 0. The lowest BCUT2D eigenvalue weighted by Crippen LogP contribution is -2.26. The van der Waals surface area contributed by atoms with Gasteiger partial charge in [-0.15, -0.1) is 0 Å². The Bertz CT molecular complexity index is 387. The van der Waals surface area contributed by atoms with Crippen molar-refractivity contribution in [2.45, 2.75) is 39.7 Å². The molecule has 17 heavy (non-hydrogen) atoms. The molecule has 1 aromatic rings. The molecule has 1 heterocycles. The van der Waals surface area contributed by atoms with Gasteiger partial charge < -0.3 is 10.1 Å². The van der Waals surface area contributed by atoms with E-state index in [1.165, 1.54) is 22.3 Å². The van der Waals surface area contributed by atoms with E-state index in [1.54, 1.807) is 0 Å². The standard InChI is InChI=1S/C15H23NO/c1-4-6-16-15-10-17-7-5-13-12(3)8-11(2)9-14(13)15/h8-9,15-16H,4-7,10H2,1-3H3. The van der Waals surface area contributed by atoms with E-state index in [-0.39, 0.29) is 0 Å². The third-order valence-corrected chi connectivity index (χ3v) is 3.45. The van der Waals surface area contributed by atoms with Crippen molar-refractivity contribution in [3.63, 3.8) is 0 Å². The minimum absolute atomic E-state index is 0.367. The number of benzene rings is 1. The predicted molar refractivity (Wildman–Crippen MR) is 71.5 cm³/mol. The van der Waals surface area contributed by atoms with Crippen LogP contribution in [0.1, 0.15) is 41.6 Å². The molecule has 0 fully saturated rings. The number of hydrogen-bond donors (Lipinski definition) is 1.